The van der Waals surface area contributed by atoms with Gasteiger partial charge in [0.1, 0.15) is 0 Å². The van der Waals surface area contributed by atoms with Crippen LogP contribution in [0.2, 0.25) is 0 Å². The first-order valence-electron chi connectivity index (χ1n) is 6.21. The minimum absolute atomic E-state index is 0.0773. The largest absolute Gasteiger partial charge is 0.494 e. The van der Waals surface area contributed by atoms with Gasteiger partial charge in [-0.15, -0.1) is 0 Å². The summed E-state index contributed by atoms with van der Waals surface area (Å²) in [6.45, 7) is 0. The highest BCUT2D eigenvalue weighted by atomic mass is 79.9. The van der Waals surface area contributed by atoms with Gasteiger partial charge in [0.05, 0.1) is 7.11 Å². The lowest BCUT2D eigenvalue weighted by Crippen LogP contribution is -2.02. The van der Waals surface area contributed by atoms with E-state index in [-0.39, 0.29) is 11.5 Å². The van der Waals surface area contributed by atoms with Crippen molar-refractivity contribution in [2.24, 2.45) is 0 Å². The lowest BCUT2D eigenvalue weighted by molar-refractivity contribution is 0.0982. The molecule has 0 unspecified atom stereocenters. The van der Waals surface area contributed by atoms with E-state index in [1.165, 1.54) is 19.2 Å². The van der Waals surface area contributed by atoms with Crippen LogP contribution in [0.25, 0.3) is 0 Å². The summed E-state index contributed by atoms with van der Waals surface area (Å²) in [6.07, 6.45) is 0.980. The van der Waals surface area contributed by atoms with E-state index in [1.54, 1.807) is 6.07 Å². The van der Waals surface area contributed by atoms with E-state index in [0.29, 0.717) is 18.4 Å². The molecule has 0 bridgehead atoms. The molecule has 0 spiro atoms. The zero-order valence-corrected chi connectivity index (χ0v) is 12.6. The van der Waals surface area contributed by atoms with Gasteiger partial charge >= 0.3 is 0 Å². The van der Waals surface area contributed by atoms with Gasteiger partial charge in [-0.1, -0.05) is 28.1 Å². The Hall–Kier alpha value is -1.68. The Morgan fingerprint density at radius 1 is 1.25 bits per heavy atom. The fourth-order valence-electron chi connectivity index (χ4n) is 1.93. The van der Waals surface area contributed by atoms with Crippen molar-refractivity contribution in [2.75, 3.05) is 7.11 Å². The molecule has 0 saturated heterocycles. The Morgan fingerprint density at radius 2 is 2.05 bits per heavy atom. The van der Waals surface area contributed by atoms with Gasteiger partial charge in [-0.3, -0.25) is 4.79 Å². The summed E-state index contributed by atoms with van der Waals surface area (Å²) in [6, 6.07) is 12.1. The topological polar surface area (TPSA) is 26.3 Å². The average molecular weight is 337 g/mol. The lowest BCUT2D eigenvalue weighted by atomic mass is 10.0. The zero-order chi connectivity index (χ0) is 14.5. The standard InChI is InChI=1S/C16H14BrFO2/c1-20-16-8-6-12(10-14(16)18)15(19)7-5-11-3-2-4-13(17)9-11/h2-4,6,8-10H,5,7H2,1H3. The van der Waals surface area contributed by atoms with E-state index in [4.69, 9.17) is 4.74 Å². The van der Waals surface area contributed by atoms with Gasteiger partial charge in [0.15, 0.2) is 17.3 Å². The van der Waals surface area contributed by atoms with Crippen molar-refractivity contribution in [1.29, 1.82) is 0 Å². The Labute approximate surface area is 125 Å². The molecule has 4 heteroatoms. The number of Topliss-reactive ketones (excluding diaryl/α,β-unsaturated/α-hetero) is 1. The van der Waals surface area contributed by atoms with Gasteiger partial charge in [-0.05, 0) is 42.3 Å². The lowest BCUT2D eigenvalue weighted by Gasteiger charge is -2.05. The monoisotopic (exact) mass is 336 g/mol. The number of carbonyl (C=O) groups is 1. The van der Waals surface area contributed by atoms with Crippen molar-refractivity contribution in [1.82, 2.24) is 0 Å². The van der Waals surface area contributed by atoms with Crippen LogP contribution >= 0.6 is 15.9 Å². The van der Waals surface area contributed by atoms with E-state index in [0.717, 1.165) is 10.0 Å². The quantitative estimate of drug-likeness (QED) is 0.756. The molecular formula is C16H14BrFO2. The molecule has 0 amide bonds. The highest BCUT2D eigenvalue weighted by Gasteiger charge is 2.10. The summed E-state index contributed by atoms with van der Waals surface area (Å²) in [5.74, 6) is -0.444. The SMILES string of the molecule is COc1ccc(C(=O)CCc2cccc(Br)c2)cc1F. The van der Waals surface area contributed by atoms with Crippen molar-refractivity contribution in [3.05, 3.63) is 63.9 Å². The first-order chi connectivity index (χ1) is 9.60. The summed E-state index contributed by atoms with van der Waals surface area (Å²) in [4.78, 5) is 12.0. The number of halogens is 2. The number of ketones is 1. The average Bonchev–Trinajstić information content (AvgIpc) is 2.44. The molecule has 0 atom stereocenters. The number of aryl methyl sites for hydroxylation is 1. The number of hydrogen-bond donors (Lipinski definition) is 0. The number of benzene rings is 2. The Morgan fingerprint density at radius 3 is 2.70 bits per heavy atom. The molecule has 0 aliphatic carbocycles. The third-order valence-electron chi connectivity index (χ3n) is 3.00. The molecule has 0 fully saturated rings. The van der Waals surface area contributed by atoms with Crippen molar-refractivity contribution in [3.8, 4) is 5.75 Å². The number of hydrogen-bond acceptors (Lipinski definition) is 2. The molecule has 2 rings (SSSR count). The van der Waals surface area contributed by atoms with Crippen molar-refractivity contribution in [2.45, 2.75) is 12.8 Å². The van der Waals surface area contributed by atoms with E-state index in [1.807, 2.05) is 24.3 Å². The molecule has 2 nitrogen and oxygen atoms in total. The van der Waals surface area contributed by atoms with Gasteiger partial charge < -0.3 is 4.74 Å². The van der Waals surface area contributed by atoms with Gasteiger partial charge in [-0.2, -0.15) is 0 Å². The summed E-state index contributed by atoms with van der Waals surface area (Å²) in [7, 11) is 1.40. The minimum Gasteiger partial charge on any atom is -0.494 e. The zero-order valence-electron chi connectivity index (χ0n) is 11.0. The number of ether oxygens (including phenoxy) is 1. The molecule has 0 heterocycles. The van der Waals surface area contributed by atoms with Crippen LogP contribution < -0.4 is 4.74 Å². The van der Waals surface area contributed by atoms with Crippen LogP contribution in [0.5, 0.6) is 5.75 Å². The number of rotatable bonds is 5. The second-order valence-electron chi connectivity index (χ2n) is 4.40. The molecule has 0 aliphatic heterocycles. The highest BCUT2D eigenvalue weighted by molar-refractivity contribution is 9.10. The second-order valence-corrected chi connectivity index (χ2v) is 5.32. The molecule has 2 aromatic carbocycles. The maximum Gasteiger partial charge on any atom is 0.165 e. The number of methoxy groups -OCH3 is 1. The van der Waals surface area contributed by atoms with Crippen LogP contribution in [0.3, 0.4) is 0 Å². The Balaban J connectivity index is 2.03. The molecule has 20 heavy (non-hydrogen) atoms. The van der Waals surface area contributed by atoms with Crippen LogP contribution in [-0.2, 0) is 6.42 Å². The Kier molecular flexibility index (Phi) is 4.90. The summed E-state index contributed by atoms with van der Waals surface area (Å²) >= 11 is 3.39. The summed E-state index contributed by atoms with van der Waals surface area (Å²) in [5, 5.41) is 0. The van der Waals surface area contributed by atoms with Gasteiger partial charge in [0.25, 0.3) is 0 Å². The normalized spacial score (nSPS) is 10.3. The molecule has 104 valence electrons. The van der Waals surface area contributed by atoms with Crippen LogP contribution in [0, 0.1) is 5.82 Å². The second kappa shape index (κ2) is 6.66. The molecule has 0 N–H and O–H groups in total. The number of carbonyl (C=O) groups excluding carboxylic acids is 1. The van der Waals surface area contributed by atoms with Crippen LogP contribution in [0.1, 0.15) is 22.3 Å². The van der Waals surface area contributed by atoms with Gasteiger partial charge in [0, 0.05) is 16.5 Å². The molecule has 2 aromatic rings. The maximum absolute atomic E-state index is 13.5. The van der Waals surface area contributed by atoms with Crippen molar-refractivity contribution >= 4 is 21.7 Å². The fraction of sp³-hybridized carbons (Fsp3) is 0.188. The minimum atomic E-state index is -0.513. The smallest absolute Gasteiger partial charge is 0.165 e. The van der Waals surface area contributed by atoms with Crippen molar-refractivity contribution in [3.63, 3.8) is 0 Å². The van der Waals surface area contributed by atoms with Gasteiger partial charge in [-0.25, -0.2) is 4.39 Å². The third-order valence-corrected chi connectivity index (χ3v) is 3.50. The highest BCUT2D eigenvalue weighted by Crippen LogP contribution is 2.19. The molecule has 0 aliphatic rings. The maximum atomic E-state index is 13.5. The van der Waals surface area contributed by atoms with E-state index < -0.39 is 5.82 Å². The predicted molar refractivity (Wildman–Crippen MR) is 79.7 cm³/mol. The van der Waals surface area contributed by atoms with E-state index in [9.17, 15) is 9.18 Å². The summed E-state index contributed by atoms with van der Waals surface area (Å²) < 4.78 is 19.4. The fourth-order valence-corrected chi connectivity index (χ4v) is 2.38. The van der Waals surface area contributed by atoms with Gasteiger partial charge in [0.2, 0.25) is 0 Å². The Bertz CT molecular complexity index is 626. The molecular weight excluding hydrogens is 323 g/mol. The predicted octanol–water partition coefficient (Wildman–Crippen LogP) is 4.41. The van der Waals surface area contributed by atoms with E-state index >= 15 is 0 Å². The van der Waals surface area contributed by atoms with Crippen molar-refractivity contribution < 1.29 is 13.9 Å². The molecule has 0 radical (unpaired) electrons. The molecule has 0 saturated carbocycles. The van der Waals surface area contributed by atoms with Crippen LogP contribution in [0.15, 0.2) is 46.9 Å². The van der Waals surface area contributed by atoms with Crippen LogP contribution in [-0.4, -0.2) is 12.9 Å². The first kappa shape index (κ1) is 14.7. The summed E-state index contributed by atoms with van der Waals surface area (Å²) in [5.41, 5.74) is 1.44. The molecule has 0 aromatic heterocycles. The third kappa shape index (κ3) is 3.67. The van der Waals surface area contributed by atoms with E-state index in [2.05, 4.69) is 15.9 Å². The van der Waals surface area contributed by atoms with Crippen LogP contribution in [0.4, 0.5) is 4.39 Å². The first-order valence-corrected chi connectivity index (χ1v) is 7.00.